The maximum absolute atomic E-state index is 12.4. The first-order valence-electron chi connectivity index (χ1n) is 6.29. The van der Waals surface area contributed by atoms with E-state index >= 15 is 0 Å². The molecule has 0 radical (unpaired) electrons. The van der Waals surface area contributed by atoms with Crippen molar-refractivity contribution in [3.63, 3.8) is 0 Å². The van der Waals surface area contributed by atoms with Gasteiger partial charge in [0.2, 0.25) is 0 Å². The lowest BCUT2D eigenvalue weighted by Gasteiger charge is -2.15. The van der Waals surface area contributed by atoms with Crippen LogP contribution in [0, 0.1) is 0 Å². The molecule has 0 saturated carbocycles. The summed E-state index contributed by atoms with van der Waals surface area (Å²) >= 11 is 5.31. The van der Waals surface area contributed by atoms with Crippen LogP contribution in [0.5, 0.6) is 0 Å². The van der Waals surface area contributed by atoms with Gasteiger partial charge in [0.15, 0.2) is 10.2 Å². The van der Waals surface area contributed by atoms with Crippen LogP contribution in [-0.4, -0.2) is 27.1 Å². The Morgan fingerprint density at radius 3 is 2.40 bits per heavy atom. The Morgan fingerprint density at radius 2 is 1.80 bits per heavy atom. The number of rotatable bonds is 3. The lowest BCUT2D eigenvalue weighted by Crippen LogP contribution is -2.51. The molecule has 0 aliphatic carbocycles. The lowest BCUT2D eigenvalue weighted by atomic mass is 10.1. The smallest absolute Gasteiger partial charge is 0.450 e. The zero-order valence-electron chi connectivity index (χ0n) is 11.7. The molecule has 3 rings (SSSR count). The van der Waals surface area contributed by atoms with Crippen LogP contribution in [0.1, 0.15) is 11.7 Å². The van der Waals surface area contributed by atoms with E-state index < -0.39 is 23.9 Å². The summed E-state index contributed by atoms with van der Waals surface area (Å²) < 4.78 is 46.9. The fraction of sp³-hybridized carbons (Fsp3) is 0.0833. The van der Waals surface area contributed by atoms with Crippen LogP contribution < -0.4 is 10.6 Å². The van der Waals surface area contributed by atoms with Gasteiger partial charge in [-0.2, -0.15) is 13.2 Å². The van der Waals surface area contributed by atoms with Crippen LogP contribution in [-0.2, 0) is 15.8 Å². The van der Waals surface area contributed by atoms with Crippen molar-refractivity contribution in [1.29, 1.82) is 0 Å². The zero-order valence-corrected chi connectivity index (χ0v) is 13.3. The van der Waals surface area contributed by atoms with Crippen molar-refractivity contribution >= 4 is 47.0 Å². The number of hydrogen-bond donors (Lipinski definition) is 2. The molecule has 0 aromatic carbocycles. The van der Waals surface area contributed by atoms with Crippen molar-refractivity contribution in [2.75, 3.05) is 0 Å². The maximum Gasteiger partial charge on any atom is 0.470 e. The van der Waals surface area contributed by atoms with E-state index in [0.717, 1.165) is 6.08 Å². The Labute approximate surface area is 145 Å². The van der Waals surface area contributed by atoms with Crippen molar-refractivity contribution in [2.45, 2.75) is 16.5 Å². The number of thiocarbonyl (C=S) groups is 1. The molecular formula is C12H5F3N4O4S2. The van der Waals surface area contributed by atoms with E-state index in [1.54, 1.807) is 0 Å². The van der Waals surface area contributed by atoms with Gasteiger partial charge in [0.1, 0.15) is 11.3 Å². The van der Waals surface area contributed by atoms with Gasteiger partial charge in [-0.1, -0.05) is 0 Å². The molecule has 0 unspecified atom stereocenters. The molecule has 1 aliphatic rings. The molecular weight excluding hydrogens is 385 g/mol. The van der Waals surface area contributed by atoms with Gasteiger partial charge < -0.3 is 8.83 Å². The molecule has 2 amide bonds. The van der Waals surface area contributed by atoms with Crippen LogP contribution in [0.4, 0.5) is 13.2 Å². The molecule has 0 atom stereocenters. The second kappa shape index (κ2) is 6.33. The number of amides is 2. The summed E-state index contributed by atoms with van der Waals surface area (Å²) in [5.74, 6) is -2.77. The van der Waals surface area contributed by atoms with Crippen LogP contribution >= 0.6 is 24.0 Å². The van der Waals surface area contributed by atoms with Crippen molar-refractivity contribution < 1.29 is 31.6 Å². The van der Waals surface area contributed by atoms with E-state index in [1.165, 1.54) is 12.1 Å². The first kappa shape index (κ1) is 17.2. The van der Waals surface area contributed by atoms with Gasteiger partial charge in [0.25, 0.3) is 17.0 Å². The fourth-order valence-electron chi connectivity index (χ4n) is 1.67. The molecule has 3 heterocycles. The normalized spacial score (nSPS) is 15.2. The van der Waals surface area contributed by atoms with Crippen molar-refractivity contribution in [3.05, 3.63) is 29.4 Å². The van der Waals surface area contributed by atoms with E-state index in [-0.39, 0.29) is 26.8 Å². The fourth-order valence-corrected chi connectivity index (χ4v) is 2.50. The third-order valence-electron chi connectivity index (χ3n) is 2.67. The molecule has 2 aromatic heterocycles. The standard InChI is InChI=1S/C12H5F3N4O4S2/c13-12(14,15)9-18-19-11(23-9)25-6-2-1-4(22-6)3-5-7(20)16-10(24)17-8(5)21/h1-3H,(H2,16,17,20,21,24). The number of hydrogen-bond acceptors (Lipinski definition) is 8. The Bertz CT molecular complexity index is 880. The Morgan fingerprint density at radius 1 is 1.12 bits per heavy atom. The van der Waals surface area contributed by atoms with Crippen molar-refractivity contribution in [2.24, 2.45) is 0 Å². The highest BCUT2D eigenvalue weighted by atomic mass is 32.2. The predicted octanol–water partition coefficient (Wildman–Crippen LogP) is 1.75. The summed E-state index contributed by atoms with van der Waals surface area (Å²) in [5.41, 5.74) is -0.239. The summed E-state index contributed by atoms with van der Waals surface area (Å²) in [4.78, 5) is 23.4. The minimum atomic E-state index is -4.74. The molecule has 0 bridgehead atoms. The van der Waals surface area contributed by atoms with Crippen LogP contribution in [0.25, 0.3) is 6.08 Å². The number of alkyl halides is 3. The minimum absolute atomic E-state index is 0.111. The summed E-state index contributed by atoms with van der Waals surface area (Å²) in [7, 11) is 0. The molecule has 1 aliphatic heterocycles. The molecule has 1 saturated heterocycles. The highest BCUT2D eigenvalue weighted by Crippen LogP contribution is 2.33. The molecule has 130 valence electrons. The number of nitrogens with zero attached hydrogens (tertiary/aromatic N) is 2. The van der Waals surface area contributed by atoms with Gasteiger partial charge in [0.05, 0.1) is 0 Å². The Hall–Kier alpha value is -2.67. The average Bonchev–Trinajstić information content (AvgIpc) is 3.12. The average molecular weight is 390 g/mol. The second-order valence-corrected chi connectivity index (χ2v) is 5.79. The summed E-state index contributed by atoms with van der Waals surface area (Å²) in [6.07, 6.45) is -3.59. The van der Waals surface area contributed by atoms with Crippen molar-refractivity contribution in [1.82, 2.24) is 20.8 Å². The molecule has 0 spiro atoms. The highest BCUT2D eigenvalue weighted by molar-refractivity contribution is 7.99. The molecule has 2 N–H and O–H groups in total. The Balaban J connectivity index is 1.75. The minimum Gasteiger partial charge on any atom is -0.450 e. The van der Waals surface area contributed by atoms with Gasteiger partial charge in [-0.3, -0.25) is 20.2 Å². The first-order chi connectivity index (χ1) is 11.7. The van der Waals surface area contributed by atoms with Crippen LogP contribution in [0.3, 0.4) is 0 Å². The lowest BCUT2D eigenvalue weighted by molar-refractivity contribution is -0.158. The first-order valence-corrected chi connectivity index (χ1v) is 7.51. The quantitative estimate of drug-likeness (QED) is 0.463. The number of aromatic nitrogens is 2. The second-order valence-electron chi connectivity index (χ2n) is 4.43. The number of halogens is 3. The summed E-state index contributed by atoms with van der Waals surface area (Å²) in [6, 6.07) is 2.81. The monoisotopic (exact) mass is 390 g/mol. The highest BCUT2D eigenvalue weighted by Gasteiger charge is 2.38. The van der Waals surface area contributed by atoms with Crippen molar-refractivity contribution in [3.8, 4) is 0 Å². The van der Waals surface area contributed by atoms with Gasteiger partial charge in [-0.25, -0.2) is 0 Å². The SMILES string of the molecule is O=C1NC(=S)NC(=O)C1=Cc1ccc(Sc2nnc(C(F)(F)F)o2)o1. The predicted molar refractivity (Wildman–Crippen MR) is 79.0 cm³/mol. The molecule has 1 fully saturated rings. The van der Waals surface area contributed by atoms with E-state index in [9.17, 15) is 22.8 Å². The zero-order chi connectivity index (χ0) is 18.2. The molecule has 8 nitrogen and oxygen atoms in total. The van der Waals surface area contributed by atoms with Gasteiger partial charge in [-0.05, 0) is 30.4 Å². The van der Waals surface area contributed by atoms with Crippen LogP contribution in [0.2, 0.25) is 0 Å². The largest absolute Gasteiger partial charge is 0.470 e. The Kier molecular flexibility index (Phi) is 4.34. The number of furan rings is 1. The topological polar surface area (TPSA) is 110 Å². The third-order valence-corrected chi connectivity index (χ3v) is 3.63. The molecule has 25 heavy (non-hydrogen) atoms. The van der Waals surface area contributed by atoms with E-state index in [0.29, 0.717) is 11.8 Å². The number of nitrogens with one attached hydrogen (secondary N) is 2. The van der Waals surface area contributed by atoms with E-state index in [1.807, 2.05) is 0 Å². The maximum atomic E-state index is 12.4. The number of carbonyl (C=O) groups excluding carboxylic acids is 2. The molecule has 2 aromatic rings. The summed E-state index contributed by atoms with van der Waals surface area (Å²) in [6.45, 7) is 0. The van der Waals surface area contributed by atoms with Gasteiger partial charge in [0, 0.05) is 11.8 Å². The van der Waals surface area contributed by atoms with Gasteiger partial charge in [-0.15, -0.1) is 10.2 Å². The van der Waals surface area contributed by atoms with Gasteiger partial charge >= 0.3 is 12.1 Å². The number of carbonyl (C=O) groups is 2. The van der Waals surface area contributed by atoms with E-state index in [4.69, 9.17) is 4.42 Å². The van der Waals surface area contributed by atoms with E-state index in [2.05, 4.69) is 37.5 Å². The third kappa shape index (κ3) is 3.88. The summed E-state index contributed by atoms with van der Waals surface area (Å²) in [5, 5.41) is 10.3. The molecule has 13 heteroatoms. The van der Waals surface area contributed by atoms with Crippen LogP contribution in [0.15, 0.2) is 36.9 Å².